The van der Waals surface area contributed by atoms with E-state index in [9.17, 15) is 9.59 Å². The largest absolute Gasteiger partial charge is 0.353 e. The van der Waals surface area contributed by atoms with Crippen LogP contribution in [0.2, 0.25) is 0 Å². The minimum Gasteiger partial charge on any atom is -0.353 e. The first kappa shape index (κ1) is 19.1. The smallest absolute Gasteiger partial charge is 0.221 e. The third kappa shape index (κ3) is 4.74. The van der Waals surface area contributed by atoms with Gasteiger partial charge in [-0.25, -0.2) is 0 Å². The number of amides is 1. The van der Waals surface area contributed by atoms with Crippen molar-refractivity contribution in [1.82, 2.24) is 0 Å². The highest BCUT2D eigenvalue weighted by Gasteiger charge is 2.11. The number of hydrogen-bond acceptors (Lipinski definition) is 3. The number of nitrogens with one attached hydrogen (secondary N) is 2. The Kier molecular flexibility index (Phi) is 6.02. The molecular formula is C24H22N2O2. The van der Waals surface area contributed by atoms with Crippen molar-refractivity contribution < 1.29 is 9.59 Å². The van der Waals surface area contributed by atoms with Gasteiger partial charge in [0.05, 0.1) is 11.4 Å². The molecule has 140 valence electrons. The average molecular weight is 370 g/mol. The molecule has 0 bridgehead atoms. The zero-order valence-corrected chi connectivity index (χ0v) is 15.9. The molecule has 4 nitrogen and oxygen atoms in total. The molecule has 3 aromatic carbocycles. The van der Waals surface area contributed by atoms with Crippen LogP contribution in [-0.4, -0.2) is 11.7 Å². The van der Waals surface area contributed by atoms with Crippen LogP contribution in [0.3, 0.4) is 0 Å². The second-order valence-corrected chi connectivity index (χ2v) is 6.45. The molecule has 0 aromatic heterocycles. The van der Waals surface area contributed by atoms with Gasteiger partial charge in [-0.2, -0.15) is 0 Å². The summed E-state index contributed by atoms with van der Waals surface area (Å²) in [6.07, 6.45) is 1.60. The van der Waals surface area contributed by atoms with E-state index in [1.165, 1.54) is 6.92 Å². The summed E-state index contributed by atoms with van der Waals surface area (Å²) < 4.78 is 0. The van der Waals surface area contributed by atoms with E-state index in [1.54, 1.807) is 6.08 Å². The molecule has 1 amide bonds. The number of para-hydroxylation sites is 2. The Morgan fingerprint density at radius 1 is 0.750 bits per heavy atom. The fourth-order valence-corrected chi connectivity index (χ4v) is 2.90. The number of rotatable bonds is 6. The van der Waals surface area contributed by atoms with Crippen molar-refractivity contribution in [3.8, 4) is 0 Å². The summed E-state index contributed by atoms with van der Waals surface area (Å²) in [5, 5.41) is 6.13. The Bertz CT molecular complexity index is 1020. The first-order chi connectivity index (χ1) is 13.5. The zero-order chi connectivity index (χ0) is 19.9. The van der Waals surface area contributed by atoms with Gasteiger partial charge in [0, 0.05) is 24.3 Å². The first-order valence-electron chi connectivity index (χ1n) is 9.05. The van der Waals surface area contributed by atoms with Crippen LogP contribution in [0.4, 0.5) is 11.4 Å². The second-order valence-electron chi connectivity index (χ2n) is 6.45. The average Bonchev–Trinajstić information content (AvgIpc) is 2.69. The third-order valence-electron chi connectivity index (χ3n) is 4.28. The Morgan fingerprint density at radius 3 is 1.96 bits per heavy atom. The van der Waals surface area contributed by atoms with Crippen LogP contribution in [0.5, 0.6) is 0 Å². The van der Waals surface area contributed by atoms with Crippen LogP contribution in [-0.2, 0) is 4.79 Å². The van der Waals surface area contributed by atoms with Gasteiger partial charge in [0.25, 0.3) is 0 Å². The highest BCUT2D eigenvalue weighted by Crippen LogP contribution is 2.26. The lowest BCUT2D eigenvalue weighted by Gasteiger charge is -2.15. The van der Waals surface area contributed by atoms with Gasteiger partial charge in [-0.3, -0.25) is 9.59 Å². The van der Waals surface area contributed by atoms with Gasteiger partial charge in [-0.1, -0.05) is 66.7 Å². The molecule has 0 atom stereocenters. The van der Waals surface area contributed by atoms with Gasteiger partial charge in [0.15, 0.2) is 5.78 Å². The SMILES string of the molecule is CC(=O)Nc1ccccc1NC(=CC(=O)c1ccccc1C)c1ccccc1. The predicted octanol–water partition coefficient (Wildman–Crippen LogP) is 5.29. The molecular weight excluding hydrogens is 348 g/mol. The van der Waals surface area contributed by atoms with E-state index in [1.807, 2.05) is 85.8 Å². The summed E-state index contributed by atoms with van der Waals surface area (Å²) in [5.74, 6) is -0.239. The van der Waals surface area contributed by atoms with Crippen molar-refractivity contribution in [2.45, 2.75) is 13.8 Å². The van der Waals surface area contributed by atoms with Gasteiger partial charge in [-0.05, 0) is 30.2 Å². The summed E-state index contributed by atoms with van der Waals surface area (Å²) in [5.41, 5.74) is 4.49. The summed E-state index contributed by atoms with van der Waals surface area (Å²) in [6.45, 7) is 3.38. The number of anilines is 2. The molecule has 0 radical (unpaired) electrons. The molecule has 2 N–H and O–H groups in total. The van der Waals surface area contributed by atoms with Crippen LogP contribution in [0, 0.1) is 6.92 Å². The lowest BCUT2D eigenvalue weighted by atomic mass is 10.0. The first-order valence-corrected chi connectivity index (χ1v) is 9.05. The minimum absolute atomic E-state index is 0.0820. The maximum Gasteiger partial charge on any atom is 0.221 e. The lowest BCUT2D eigenvalue weighted by Crippen LogP contribution is -2.10. The normalized spacial score (nSPS) is 11.0. The van der Waals surface area contributed by atoms with Crippen molar-refractivity contribution in [2.75, 3.05) is 10.6 Å². The molecule has 28 heavy (non-hydrogen) atoms. The molecule has 0 saturated heterocycles. The van der Waals surface area contributed by atoms with E-state index < -0.39 is 0 Å². The second kappa shape index (κ2) is 8.82. The van der Waals surface area contributed by atoms with Crippen molar-refractivity contribution >= 4 is 28.8 Å². The number of carbonyl (C=O) groups is 2. The Balaban J connectivity index is 2.01. The summed E-state index contributed by atoms with van der Waals surface area (Å²) in [4.78, 5) is 24.4. The maximum atomic E-state index is 12.9. The van der Waals surface area contributed by atoms with E-state index >= 15 is 0 Å². The fourth-order valence-electron chi connectivity index (χ4n) is 2.90. The molecule has 3 aromatic rings. The lowest BCUT2D eigenvalue weighted by molar-refractivity contribution is -0.114. The zero-order valence-electron chi connectivity index (χ0n) is 15.9. The highest BCUT2D eigenvalue weighted by atomic mass is 16.1. The number of allylic oxidation sites excluding steroid dienone is 1. The van der Waals surface area contributed by atoms with Gasteiger partial charge >= 0.3 is 0 Å². The van der Waals surface area contributed by atoms with Crippen LogP contribution in [0.1, 0.15) is 28.4 Å². The van der Waals surface area contributed by atoms with Gasteiger partial charge < -0.3 is 10.6 Å². The summed E-state index contributed by atoms with van der Waals surface area (Å²) >= 11 is 0. The van der Waals surface area contributed by atoms with E-state index in [0.29, 0.717) is 22.6 Å². The monoisotopic (exact) mass is 370 g/mol. The number of carbonyl (C=O) groups excluding carboxylic acids is 2. The Labute approximate surface area is 164 Å². The van der Waals surface area contributed by atoms with Crippen LogP contribution < -0.4 is 10.6 Å². The number of aryl methyl sites for hydroxylation is 1. The molecule has 4 heteroatoms. The quantitative estimate of drug-likeness (QED) is 0.458. The van der Waals surface area contributed by atoms with E-state index in [0.717, 1.165) is 11.1 Å². The summed E-state index contributed by atoms with van der Waals surface area (Å²) in [6, 6.07) is 24.5. The number of ketones is 1. The van der Waals surface area contributed by atoms with Gasteiger partial charge in [0.2, 0.25) is 5.91 Å². The Morgan fingerprint density at radius 2 is 1.32 bits per heavy atom. The highest BCUT2D eigenvalue weighted by molar-refractivity contribution is 6.10. The van der Waals surface area contributed by atoms with Crippen molar-refractivity contribution in [1.29, 1.82) is 0 Å². The third-order valence-corrected chi connectivity index (χ3v) is 4.28. The fraction of sp³-hybridized carbons (Fsp3) is 0.0833. The minimum atomic E-state index is -0.157. The van der Waals surface area contributed by atoms with Gasteiger partial charge in [0.1, 0.15) is 0 Å². The van der Waals surface area contributed by atoms with Crippen molar-refractivity contribution in [3.05, 3.63) is 102 Å². The molecule has 0 aliphatic heterocycles. The van der Waals surface area contributed by atoms with E-state index in [-0.39, 0.29) is 11.7 Å². The van der Waals surface area contributed by atoms with E-state index in [4.69, 9.17) is 0 Å². The van der Waals surface area contributed by atoms with Crippen LogP contribution in [0.25, 0.3) is 5.70 Å². The maximum absolute atomic E-state index is 12.9. The Hall–Kier alpha value is -3.66. The predicted molar refractivity (Wildman–Crippen MR) is 114 cm³/mol. The molecule has 0 fully saturated rings. The number of hydrogen-bond donors (Lipinski definition) is 2. The van der Waals surface area contributed by atoms with Gasteiger partial charge in [-0.15, -0.1) is 0 Å². The summed E-state index contributed by atoms with van der Waals surface area (Å²) in [7, 11) is 0. The van der Waals surface area contributed by atoms with Crippen LogP contribution in [0.15, 0.2) is 84.9 Å². The standard InChI is InChI=1S/C24H22N2O2/c1-17-10-6-7-13-20(17)24(28)16-23(19-11-4-3-5-12-19)26-22-15-9-8-14-21(22)25-18(2)27/h3-16,26H,1-2H3,(H,25,27). The molecule has 0 aliphatic carbocycles. The van der Waals surface area contributed by atoms with E-state index in [2.05, 4.69) is 10.6 Å². The number of benzene rings is 3. The topological polar surface area (TPSA) is 58.2 Å². The van der Waals surface area contributed by atoms with Crippen molar-refractivity contribution in [2.24, 2.45) is 0 Å². The molecule has 0 spiro atoms. The molecule has 0 heterocycles. The van der Waals surface area contributed by atoms with Crippen molar-refractivity contribution in [3.63, 3.8) is 0 Å². The molecule has 0 saturated carbocycles. The molecule has 0 aliphatic rings. The molecule has 0 unspecified atom stereocenters. The molecule has 3 rings (SSSR count). The van der Waals surface area contributed by atoms with Crippen LogP contribution >= 0.6 is 0 Å².